The van der Waals surface area contributed by atoms with Crippen molar-refractivity contribution in [3.63, 3.8) is 0 Å². The van der Waals surface area contributed by atoms with Crippen LogP contribution >= 0.6 is 0 Å². The van der Waals surface area contributed by atoms with Crippen LogP contribution in [0.15, 0.2) is 34.0 Å². The number of sulfonamides is 1. The van der Waals surface area contributed by atoms with Gasteiger partial charge in [0.05, 0.1) is 17.0 Å². The quantitative estimate of drug-likeness (QED) is 0.748. The number of nitrogens with one attached hydrogen (secondary N) is 1. The maximum Gasteiger partial charge on any atom is 0.451 e. The Morgan fingerprint density at radius 1 is 1.07 bits per heavy atom. The van der Waals surface area contributed by atoms with Crippen molar-refractivity contribution >= 4 is 10.0 Å². The van der Waals surface area contributed by atoms with Gasteiger partial charge in [0.15, 0.2) is 0 Å². The van der Waals surface area contributed by atoms with E-state index in [2.05, 4.69) is 5.10 Å². The summed E-state index contributed by atoms with van der Waals surface area (Å²) in [6.07, 6.45) is -9.82. The van der Waals surface area contributed by atoms with Crippen molar-refractivity contribution in [1.82, 2.24) is 19.1 Å². The summed E-state index contributed by atoms with van der Waals surface area (Å²) in [5.41, 5.74) is -2.55. The lowest BCUT2D eigenvalue weighted by Gasteiger charge is -2.13. The number of benzene rings is 1. The van der Waals surface area contributed by atoms with Crippen molar-refractivity contribution in [2.24, 2.45) is 7.05 Å². The third-order valence-electron chi connectivity index (χ3n) is 3.39. The standard InChI is InChI=1S/C13H12F6N4O3S/c1-22-10(13(17,18)19)21-23(11(22)24)7-6-20-27(25,26)9-5-3-2-4-8(9)12(14,15)16/h2-5,20H,6-7H2,1H3. The maximum absolute atomic E-state index is 12.9. The molecule has 27 heavy (non-hydrogen) atoms. The molecule has 0 unspecified atom stereocenters. The van der Waals surface area contributed by atoms with Gasteiger partial charge in [-0.1, -0.05) is 12.1 Å². The molecule has 1 aromatic carbocycles. The second-order valence-electron chi connectivity index (χ2n) is 5.28. The van der Waals surface area contributed by atoms with Gasteiger partial charge in [0, 0.05) is 13.6 Å². The molecule has 1 aromatic heterocycles. The van der Waals surface area contributed by atoms with Crippen molar-refractivity contribution in [1.29, 1.82) is 0 Å². The molecular formula is C13H12F6N4O3S. The smallest absolute Gasteiger partial charge is 0.274 e. The second-order valence-corrected chi connectivity index (χ2v) is 7.01. The van der Waals surface area contributed by atoms with Gasteiger partial charge in [-0.05, 0) is 12.1 Å². The highest BCUT2D eigenvalue weighted by Gasteiger charge is 2.38. The highest BCUT2D eigenvalue weighted by Crippen LogP contribution is 2.33. The molecule has 0 aliphatic carbocycles. The molecule has 150 valence electrons. The fourth-order valence-corrected chi connectivity index (χ4v) is 3.43. The molecule has 0 amide bonds. The number of alkyl halides is 6. The van der Waals surface area contributed by atoms with Crippen LogP contribution in [0.2, 0.25) is 0 Å². The Bertz CT molecular complexity index is 991. The SMILES string of the molecule is Cn1c(C(F)(F)F)nn(CCNS(=O)(=O)c2ccccc2C(F)(F)F)c1=O. The molecule has 14 heteroatoms. The van der Waals surface area contributed by atoms with E-state index >= 15 is 0 Å². The van der Waals surface area contributed by atoms with Crippen LogP contribution < -0.4 is 10.4 Å². The first-order valence-corrected chi connectivity index (χ1v) is 8.60. The summed E-state index contributed by atoms with van der Waals surface area (Å²) >= 11 is 0. The molecule has 7 nitrogen and oxygen atoms in total. The van der Waals surface area contributed by atoms with Gasteiger partial charge in [0.1, 0.15) is 0 Å². The average Bonchev–Trinajstić information content (AvgIpc) is 2.82. The monoisotopic (exact) mass is 418 g/mol. The summed E-state index contributed by atoms with van der Waals surface area (Å²) in [5.74, 6) is -1.49. The van der Waals surface area contributed by atoms with Gasteiger partial charge in [0.25, 0.3) is 0 Å². The minimum atomic E-state index is -4.93. The molecule has 0 atom stereocenters. The van der Waals surface area contributed by atoms with E-state index in [4.69, 9.17) is 0 Å². The number of nitrogens with zero attached hydrogens (tertiary/aromatic N) is 3. The molecule has 0 bridgehead atoms. The molecule has 2 rings (SSSR count). The van der Waals surface area contributed by atoms with E-state index in [0.29, 0.717) is 10.7 Å². The van der Waals surface area contributed by atoms with Crippen molar-refractivity contribution in [3.05, 3.63) is 46.1 Å². The summed E-state index contributed by atoms with van der Waals surface area (Å²) in [4.78, 5) is 10.6. The van der Waals surface area contributed by atoms with Crippen LogP contribution in [0.3, 0.4) is 0 Å². The first-order valence-electron chi connectivity index (χ1n) is 7.12. The molecule has 0 aliphatic rings. The summed E-state index contributed by atoms with van der Waals surface area (Å²) in [5, 5.41) is 3.06. The van der Waals surface area contributed by atoms with E-state index in [-0.39, 0.29) is 4.57 Å². The number of hydrogen-bond acceptors (Lipinski definition) is 4. The molecule has 1 heterocycles. The molecule has 0 saturated carbocycles. The Hall–Kier alpha value is -2.35. The molecular weight excluding hydrogens is 406 g/mol. The molecule has 0 aliphatic heterocycles. The normalized spacial score (nSPS) is 13.1. The maximum atomic E-state index is 12.9. The minimum absolute atomic E-state index is 0.230. The van der Waals surface area contributed by atoms with E-state index in [0.717, 1.165) is 25.2 Å². The lowest BCUT2D eigenvalue weighted by molar-refractivity contribution is -0.147. The molecule has 2 aromatic rings. The van der Waals surface area contributed by atoms with Gasteiger partial charge < -0.3 is 0 Å². The summed E-state index contributed by atoms with van der Waals surface area (Å²) < 4.78 is 103. The Labute approximate surface area is 148 Å². The van der Waals surface area contributed by atoms with Crippen molar-refractivity contribution < 1.29 is 34.8 Å². The van der Waals surface area contributed by atoms with Crippen LogP contribution in [0, 0.1) is 0 Å². The van der Waals surface area contributed by atoms with Crippen LogP contribution in [0.1, 0.15) is 11.4 Å². The zero-order valence-corrected chi connectivity index (χ0v) is 14.3. The Morgan fingerprint density at radius 2 is 1.67 bits per heavy atom. The first-order chi connectivity index (χ1) is 12.2. The number of aromatic nitrogens is 3. The third-order valence-corrected chi connectivity index (χ3v) is 4.91. The highest BCUT2D eigenvalue weighted by molar-refractivity contribution is 7.89. The fraction of sp³-hybridized carbons (Fsp3) is 0.385. The number of rotatable bonds is 5. The van der Waals surface area contributed by atoms with Crippen LogP contribution in [-0.4, -0.2) is 29.3 Å². The Kier molecular flexibility index (Phi) is 5.43. The first kappa shape index (κ1) is 21.0. The van der Waals surface area contributed by atoms with Crippen molar-refractivity contribution in [2.45, 2.75) is 23.8 Å². The van der Waals surface area contributed by atoms with Crippen LogP contribution in [-0.2, 0) is 36.0 Å². The van der Waals surface area contributed by atoms with E-state index in [9.17, 15) is 39.6 Å². The van der Waals surface area contributed by atoms with E-state index in [1.165, 1.54) is 0 Å². The zero-order valence-electron chi connectivity index (χ0n) is 13.5. The van der Waals surface area contributed by atoms with Gasteiger partial charge in [-0.25, -0.2) is 22.6 Å². The van der Waals surface area contributed by atoms with E-state index in [1.54, 1.807) is 0 Å². The van der Waals surface area contributed by atoms with Crippen LogP contribution in [0.25, 0.3) is 0 Å². The van der Waals surface area contributed by atoms with E-state index < -0.39 is 57.4 Å². The number of hydrogen-bond donors (Lipinski definition) is 1. The van der Waals surface area contributed by atoms with Gasteiger partial charge in [-0.2, -0.15) is 26.3 Å². The molecule has 0 radical (unpaired) electrons. The average molecular weight is 418 g/mol. The topological polar surface area (TPSA) is 86.0 Å². The number of halogens is 6. The summed E-state index contributed by atoms with van der Waals surface area (Å²) in [6.45, 7) is -1.26. The third kappa shape index (κ3) is 4.50. The summed E-state index contributed by atoms with van der Waals surface area (Å²) in [6, 6.07) is 3.41. The lowest BCUT2D eigenvalue weighted by atomic mass is 10.2. The zero-order chi connectivity index (χ0) is 20.6. The molecule has 1 N–H and O–H groups in total. The highest BCUT2D eigenvalue weighted by atomic mass is 32.2. The van der Waals surface area contributed by atoms with Gasteiger partial charge in [0.2, 0.25) is 15.8 Å². The van der Waals surface area contributed by atoms with Crippen LogP contribution in [0.4, 0.5) is 26.3 Å². The fourth-order valence-electron chi connectivity index (χ4n) is 2.18. The predicted molar refractivity (Wildman–Crippen MR) is 79.1 cm³/mol. The lowest BCUT2D eigenvalue weighted by Crippen LogP contribution is -2.32. The largest absolute Gasteiger partial charge is 0.451 e. The second kappa shape index (κ2) is 6.99. The van der Waals surface area contributed by atoms with Crippen LogP contribution in [0.5, 0.6) is 0 Å². The Balaban J connectivity index is 2.20. The predicted octanol–water partition coefficient (Wildman–Crippen LogP) is 1.60. The van der Waals surface area contributed by atoms with E-state index in [1.807, 2.05) is 4.72 Å². The molecule has 0 saturated heterocycles. The minimum Gasteiger partial charge on any atom is -0.274 e. The summed E-state index contributed by atoms with van der Waals surface area (Å²) in [7, 11) is -3.80. The van der Waals surface area contributed by atoms with Crippen molar-refractivity contribution in [3.8, 4) is 0 Å². The van der Waals surface area contributed by atoms with Gasteiger partial charge in [-0.3, -0.25) is 4.57 Å². The van der Waals surface area contributed by atoms with Crippen molar-refractivity contribution in [2.75, 3.05) is 6.54 Å². The molecule has 0 spiro atoms. The Morgan fingerprint density at radius 3 is 2.19 bits per heavy atom. The molecule has 0 fully saturated rings. The van der Waals surface area contributed by atoms with Gasteiger partial charge >= 0.3 is 18.0 Å². The van der Waals surface area contributed by atoms with Gasteiger partial charge in [-0.15, -0.1) is 5.10 Å².